The third kappa shape index (κ3) is 4.24. The minimum Gasteiger partial charge on any atom is -0.288 e. The van der Waals surface area contributed by atoms with E-state index in [0.29, 0.717) is 0 Å². The Labute approximate surface area is 88.7 Å². The molecule has 3 heteroatoms. The number of carbonyl (C=O) groups excluding carboxylic acids is 1. The van der Waals surface area contributed by atoms with Crippen LogP contribution in [0, 0.1) is 0 Å². The van der Waals surface area contributed by atoms with Gasteiger partial charge in [-0.1, -0.05) is 48.1 Å². The number of hydrogen-bond donors (Lipinski definition) is 2. The molecule has 15 heavy (non-hydrogen) atoms. The highest BCUT2D eigenvalue weighted by Crippen LogP contribution is 2.06. The van der Waals surface area contributed by atoms with Gasteiger partial charge in [0.05, 0.1) is 0 Å². The van der Waals surface area contributed by atoms with Crippen LogP contribution in [-0.2, 0) is 4.79 Å². The van der Waals surface area contributed by atoms with Crippen molar-refractivity contribution in [3.05, 3.63) is 53.6 Å². The molecule has 1 aromatic carbocycles. The van der Waals surface area contributed by atoms with Gasteiger partial charge in [0.15, 0.2) is 0 Å². The van der Waals surface area contributed by atoms with Crippen LogP contribution in [0.15, 0.2) is 48.1 Å². The van der Waals surface area contributed by atoms with E-state index >= 15 is 0 Å². The Morgan fingerprint density at radius 2 is 1.93 bits per heavy atom. The number of benzene rings is 1. The smallest absolute Gasteiger partial charge is 0.267 e. The summed E-state index contributed by atoms with van der Waals surface area (Å²) in [5.41, 5.74) is 3.54. The Bertz CT molecular complexity index is 380. The first-order chi connectivity index (χ1) is 7.22. The van der Waals surface area contributed by atoms with E-state index in [1.807, 2.05) is 43.3 Å². The van der Waals surface area contributed by atoms with E-state index in [-0.39, 0.29) is 0 Å². The fourth-order valence-electron chi connectivity index (χ4n) is 1.10. The lowest BCUT2D eigenvalue weighted by Crippen LogP contribution is -2.14. The standard InChI is InChI=1S/C12H13NO2/c1-10(7-8-12(14)13-15)9-11-5-3-2-4-6-11/h2-9,15H,1H3,(H,13,14)/b8-7+,10-9+. The van der Waals surface area contributed by atoms with E-state index in [9.17, 15) is 4.79 Å². The highest BCUT2D eigenvalue weighted by Gasteiger charge is 1.90. The molecule has 0 aliphatic heterocycles. The molecule has 0 atom stereocenters. The Balaban J connectivity index is 2.69. The molecule has 0 spiro atoms. The molecule has 0 radical (unpaired) electrons. The molecule has 1 aromatic rings. The Kier molecular flexibility index (Phi) is 4.31. The molecule has 3 nitrogen and oxygen atoms in total. The van der Waals surface area contributed by atoms with Gasteiger partial charge >= 0.3 is 0 Å². The maximum Gasteiger partial charge on any atom is 0.267 e. The first kappa shape index (κ1) is 11.2. The van der Waals surface area contributed by atoms with Gasteiger partial charge in [-0.25, -0.2) is 5.48 Å². The molecule has 0 fully saturated rings. The molecule has 0 saturated heterocycles. The van der Waals surface area contributed by atoms with Gasteiger partial charge in [-0.3, -0.25) is 10.0 Å². The summed E-state index contributed by atoms with van der Waals surface area (Å²) in [5, 5.41) is 8.27. The molecule has 2 N–H and O–H groups in total. The Morgan fingerprint density at radius 3 is 2.53 bits per heavy atom. The molecular weight excluding hydrogens is 190 g/mol. The van der Waals surface area contributed by atoms with E-state index in [4.69, 9.17) is 5.21 Å². The molecule has 0 bridgehead atoms. The van der Waals surface area contributed by atoms with Crippen molar-refractivity contribution in [2.75, 3.05) is 0 Å². The zero-order valence-electron chi connectivity index (χ0n) is 8.47. The van der Waals surface area contributed by atoms with Crippen LogP contribution in [0.3, 0.4) is 0 Å². The molecule has 0 aromatic heterocycles. The summed E-state index contributed by atoms with van der Waals surface area (Å²) in [6, 6.07) is 9.79. The van der Waals surface area contributed by atoms with E-state index in [1.165, 1.54) is 11.6 Å². The Hall–Kier alpha value is -1.87. The van der Waals surface area contributed by atoms with Crippen molar-refractivity contribution >= 4 is 12.0 Å². The molecule has 78 valence electrons. The molecule has 0 aliphatic rings. The normalized spacial score (nSPS) is 11.7. The fraction of sp³-hybridized carbons (Fsp3) is 0.0833. The first-order valence-corrected chi connectivity index (χ1v) is 4.58. The van der Waals surface area contributed by atoms with Crippen LogP contribution in [0.25, 0.3) is 6.08 Å². The zero-order chi connectivity index (χ0) is 11.1. The lowest BCUT2D eigenvalue weighted by atomic mass is 10.1. The van der Waals surface area contributed by atoms with E-state index < -0.39 is 5.91 Å². The van der Waals surface area contributed by atoms with Crippen LogP contribution >= 0.6 is 0 Å². The summed E-state index contributed by atoms with van der Waals surface area (Å²) in [5.74, 6) is -0.532. The quantitative estimate of drug-likeness (QED) is 0.342. The number of carbonyl (C=O) groups is 1. The summed E-state index contributed by atoms with van der Waals surface area (Å²) in [6.07, 6.45) is 4.86. The number of amides is 1. The monoisotopic (exact) mass is 203 g/mol. The van der Waals surface area contributed by atoms with Crippen LogP contribution < -0.4 is 5.48 Å². The van der Waals surface area contributed by atoms with Crippen LogP contribution in [0.1, 0.15) is 12.5 Å². The van der Waals surface area contributed by atoms with Crippen LogP contribution in [0.2, 0.25) is 0 Å². The molecule has 1 rings (SSSR count). The van der Waals surface area contributed by atoms with E-state index in [1.54, 1.807) is 6.08 Å². The minimum atomic E-state index is -0.532. The van der Waals surface area contributed by atoms with Crippen LogP contribution in [-0.4, -0.2) is 11.1 Å². The number of nitrogens with one attached hydrogen (secondary N) is 1. The molecule has 0 unspecified atom stereocenters. The topological polar surface area (TPSA) is 49.3 Å². The van der Waals surface area contributed by atoms with Gasteiger partial charge < -0.3 is 0 Å². The highest BCUT2D eigenvalue weighted by molar-refractivity contribution is 5.87. The average Bonchev–Trinajstić information content (AvgIpc) is 2.27. The third-order valence-electron chi connectivity index (χ3n) is 1.80. The van der Waals surface area contributed by atoms with Gasteiger partial charge in [0, 0.05) is 6.08 Å². The average molecular weight is 203 g/mol. The molecule has 0 saturated carbocycles. The largest absolute Gasteiger partial charge is 0.288 e. The van der Waals surface area contributed by atoms with Crippen LogP contribution in [0.4, 0.5) is 0 Å². The third-order valence-corrected chi connectivity index (χ3v) is 1.80. The number of rotatable bonds is 3. The van der Waals surface area contributed by atoms with Crippen molar-refractivity contribution in [2.45, 2.75) is 6.92 Å². The SMILES string of the molecule is CC(/C=C/C(=O)NO)=C\c1ccccc1. The van der Waals surface area contributed by atoms with Crippen molar-refractivity contribution < 1.29 is 10.0 Å². The van der Waals surface area contributed by atoms with Crippen molar-refractivity contribution in [2.24, 2.45) is 0 Å². The van der Waals surface area contributed by atoms with Crippen molar-refractivity contribution in [1.82, 2.24) is 5.48 Å². The van der Waals surface area contributed by atoms with Crippen molar-refractivity contribution in [1.29, 1.82) is 0 Å². The van der Waals surface area contributed by atoms with Gasteiger partial charge in [-0.05, 0) is 12.5 Å². The van der Waals surface area contributed by atoms with Gasteiger partial charge in [-0.2, -0.15) is 0 Å². The number of hydroxylamine groups is 1. The second-order valence-corrected chi connectivity index (χ2v) is 3.11. The van der Waals surface area contributed by atoms with Gasteiger partial charge in [0.1, 0.15) is 0 Å². The summed E-state index contributed by atoms with van der Waals surface area (Å²) >= 11 is 0. The zero-order valence-corrected chi connectivity index (χ0v) is 8.47. The van der Waals surface area contributed by atoms with E-state index in [0.717, 1.165) is 11.1 Å². The predicted molar refractivity (Wildman–Crippen MR) is 59.2 cm³/mol. The second kappa shape index (κ2) is 5.78. The maximum absolute atomic E-state index is 10.7. The summed E-state index contributed by atoms with van der Waals surface area (Å²) in [6.45, 7) is 1.88. The minimum absolute atomic E-state index is 0.532. The predicted octanol–water partition coefficient (Wildman–Crippen LogP) is 2.15. The lowest BCUT2D eigenvalue weighted by molar-refractivity contribution is -0.124. The molecular formula is C12H13NO2. The van der Waals surface area contributed by atoms with Gasteiger partial charge in [0.2, 0.25) is 0 Å². The highest BCUT2D eigenvalue weighted by atomic mass is 16.5. The maximum atomic E-state index is 10.7. The van der Waals surface area contributed by atoms with Gasteiger partial charge in [-0.15, -0.1) is 0 Å². The summed E-state index contributed by atoms with van der Waals surface area (Å²) in [4.78, 5) is 10.7. The Morgan fingerprint density at radius 1 is 1.27 bits per heavy atom. The molecule has 1 amide bonds. The van der Waals surface area contributed by atoms with E-state index in [2.05, 4.69) is 0 Å². The van der Waals surface area contributed by atoms with Gasteiger partial charge in [0.25, 0.3) is 5.91 Å². The van der Waals surface area contributed by atoms with Crippen molar-refractivity contribution in [3.63, 3.8) is 0 Å². The lowest BCUT2D eigenvalue weighted by Gasteiger charge is -1.94. The summed E-state index contributed by atoms with van der Waals surface area (Å²) in [7, 11) is 0. The second-order valence-electron chi connectivity index (χ2n) is 3.11. The first-order valence-electron chi connectivity index (χ1n) is 4.58. The number of hydrogen-bond acceptors (Lipinski definition) is 2. The van der Waals surface area contributed by atoms with Crippen molar-refractivity contribution in [3.8, 4) is 0 Å². The number of allylic oxidation sites excluding steroid dienone is 2. The molecule has 0 aliphatic carbocycles. The summed E-state index contributed by atoms with van der Waals surface area (Å²) < 4.78 is 0. The van der Waals surface area contributed by atoms with Crippen LogP contribution in [0.5, 0.6) is 0 Å². The fourth-order valence-corrected chi connectivity index (χ4v) is 1.10. The molecule has 0 heterocycles.